The first-order valence-electron chi connectivity index (χ1n) is 4.12. The quantitative estimate of drug-likeness (QED) is 0.802. The monoisotopic (exact) mass is 215 g/mol. The second-order valence-electron chi connectivity index (χ2n) is 3.10. The molecule has 0 radical (unpaired) electrons. The Bertz CT molecular complexity index is 297. The van der Waals surface area contributed by atoms with Gasteiger partial charge in [0.15, 0.2) is 0 Å². The minimum Gasteiger partial charge on any atom is -0.368 e. The van der Waals surface area contributed by atoms with Gasteiger partial charge in [-0.15, -0.1) is 12.4 Å². The summed E-state index contributed by atoms with van der Waals surface area (Å²) in [7, 11) is 0. The van der Waals surface area contributed by atoms with Crippen LogP contribution in [0.3, 0.4) is 0 Å². The molecular weight excluding hydrogens is 202 g/mol. The number of hydrogen-bond acceptors (Lipinski definition) is 3. The highest BCUT2D eigenvalue weighted by atomic mass is 35.5. The molecule has 4 nitrogen and oxygen atoms in total. The van der Waals surface area contributed by atoms with E-state index in [1.54, 1.807) is 12.1 Å². The number of carbonyl (C=O) groups excluding carboxylic acids is 1. The van der Waals surface area contributed by atoms with Crippen LogP contribution in [0.1, 0.15) is 24.2 Å². The number of hydrogen-bond donors (Lipinski definition) is 2. The highest BCUT2D eigenvalue weighted by Gasteiger charge is 2.00. The van der Waals surface area contributed by atoms with Gasteiger partial charge in [0.25, 0.3) is 0 Å². The number of carbonyl (C=O) groups is 1. The summed E-state index contributed by atoms with van der Waals surface area (Å²) in [6.45, 7) is 4.04. The van der Waals surface area contributed by atoms with E-state index < -0.39 is 5.91 Å². The van der Waals surface area contributed by atoms with Gasteiger partial charge in [0.1, 0.15) is 5.82 Å². The predicted molar refractivity (Wildman–Crippen MR) is 58.8 cm³/mol. The summed E-state index contributed by atoms with van der Waals surface area (Å²) in [4.78, 5) is 14.7. The number of pyridine rings is 1. The first kappa shape index (κ1) is 12.7. The summed E-state index contributed by atoms with van der Waals surface area (Å²) in [5.74, 6) is 0.295. The molecule has 0 aliphatic heterocycles. The normalized spacial score (nSPS) is 9.36. The lowest BCUT2D eigenvalue weighted by Gasteiger charge is -2.08. The summed E-state index contributed by atoms with van der Waals surface area (Å²) in [5.41, 5.74) is 5.49. The predicted octanol–water partition coefficient (Wildman–Crippen LogP) is 1.42. The van der Waals surface area contributed by atoms with E-state index >= 15 is 0 Å². The van der Waals surface area contributed by atoms with Crippen LogP contribution in [-0.4, -0.2) is 16.9 Å². The zero-order valence-electron chi connectivity index (χ0n) is 8.15. The van der Waals surface area contributed by atoms with Gasteiger partial charge >= 0.3 is 0 Å². The molecule has 5 heteroatoms. The standard InChI is InChI=1S/C9H13N3O.ClH/c1-6(2)12-8-4-3-7(5-11-8)9(10)13;/h3-6H,1-2H3,(H2,10,13)(H,11,12);1H. The lowest BCUT2D eigenvalue weighted by Crippen LogP contribution is -2.13. The number of nitrogens with one attached hydrogen (secondary N) is 1. The van der Waals surface area contributed by atoms with Crippen molar-refractivity contribution in [3.05, 3.63) is 23.9 Å². The highest BCUT2D eigenvalue weighted by Crippen LogP contribution is 2.05. The summed E-state index contributed by atoms with van der Waals surface area (Å²) in [6.07, 6.45) is 1.47. The number of halogens is 1. The van der Waals surface area contributed by atoms with E-state index in [1.807, 2.05) is 13.8 Å². The molecule has 78 valence electrons. The Hall–Kier alpha value is -1.29. The van der Waals surface area contributed by atoms with E-state index in [0.717, 1.165) is 5.82 Å². The Labute approximate surface area is 89.3 Å². The summed E-state index contributed by atoms with van der Waals surface area (Å²) >= 11 is 0. The van der Waals surface area contributed by atoms with Crippen molar-refractivity contribution in [1.82, 2.24) is 4.98 Å². The molecule has 0 saturated heterocycles. The van der Waals surface area contributed by atoms with Gasteiger partial charge in [0.05, 0.1) is 5.56 Å². The summed E-state index contributed by atoms with van der Waals surface area (Å²) < 4.78 is 0. The fourth-order valence-corrected chi connectivity index (χ4v) is 0.921. The molecule has 1 rings (SSSR count). The van der Waals surface area contributed by atoms with Crippen LogP contribution in [0, 0.1) is 0 Å². The number of nitrogens with two attached hydrogens (primary N) is 1. The van der Waals surface area contributed by atoms with Crippen LogP contribution < -0.4 is 11.1 Å². The van der Waals surface area contributed by atoms with Gasteiger partial charge in [-0.3, -0.25) is 4.79 Å². The Morgan fingerprint density at radius 2 is 2.14 bits per heavy atom. The third-order valence-electron chi connectivity index (χ3n) is 1.48. The van der Waals surface area contributed by atoms with E-state index in [0.29, 0.717) is 11.6 Å². The van der Waals surface area contributed by atoms with Gasteiger partial charge in [0.2, 0.25) is 5.91 Å². The van der Waals surface area contributed by atoms with Crippen LogP contribution in [0.4, 0.5) is 5.82 Å². The third kappa shape index (κ3) is 3.62. The molecule has 0 saturated carbocycles. The van der Waals surface area contributed by atoms with Crippen molar-refractivity contribution < 1.29 is 4.79 Å². The van der Waals surface area contributed by atoms with Crippen molar-refractivity contribution in [3.63, 3.8) is 0 Å². The molecule has 1 amide bonds. The number of nitrogens with zero attached hydrogens (tertiary/aromatic N) is 1. The average Bonchev–Trinajstić information content (AvgIpc) is 2.04. The van der Waals surface area contributed by atoms with Crippen molar-refractivity contribution in [1.29, 1.82) is 0 Å². The minimum absolute atomic E-state index is 0. The van der Waals surface area contributed by atoms with Crippen LogP contribution in [0.5, 0.6) is 0 Å². The second kappa shape index (κ2) is 5.44. The van der Waals surface area contributed by atoms with Crippen molar-refractivity contribution in [2.75, 3.05) is 5.32 Å². The second-order valence-corrected chi connectivity index (χ2v) is 3.10. The summed E-state index contributed by atoms with van der Waals surface area (Å²) in [5, 5.41) is 3.11. The number of anilines is 1. The van der Waals surface area contributed by atoms with E-state index in [9.17, 15) is 4.79 Å². The van der Waals surface area contributed by atoms with Gasteiger partial charge in [0, 0.05) is 12.2 Å². The van der Waals surface area contributed by atoms with Gasteiger partial charge < -0.3 is 11.1 Å². The van der Waals surface area contributed by atoms with Crippen LogP contribution in [0.2, 0.25) is 0 Å². The van der Waals surface area contributed by atoms with E-state index in [2.05, 4.69) is 10.3 Å². The van der Waals surface area contributed by atoms with E-state index in [1.165, 1.54) is 6.20 Å². The molecule has 0 aliphatic carbocycles. The maximum Gasteiger partial charge on any atom is 0.250 e. The van der Waals surface area contributed by atoms with Crippen LogP contribution in [-0.2, 0) is 0 Å². The SMILES string of the molecule is CC(C)Nc1ccc(C(N)=O)cn1.Cl. The van der Waals surface area contributed by atoms with Gasteiger partial charge in [-0.1, -0.05) is 0 Å². The van der Waals surface area contributed by atoms with Gasteiger partial charge in [-0.25, -0.2) is 4.98 Å². The molecule has 14 heavy (non-hydrogen) atoms. The zero-order valence-corrected chi connectivity index (χ0v) is 8.97. The molecular formula is C9H14ClN3O. The topological polar surface area (TPSA) is 68.0 Å². The molecule has 0 unspecified atom stereocenters. The molecule has 1 aromatic rings. The fraction of sp³-hybridized carbons (Fsp3) is 0.333. The average molecular weight is 216 g/mol. The number of primary amides is 1. The molecule has 3 N–H and O–H groups in total. The first-order valence-corrected chi connectivity index (χ1v) is 4.12. The lowest BCUT2D eigenvalue weighted by molar-refractivity contribution is 0.1000. The van der Waals surface area contributed by atoms with Crippen molar-refractivity contribution in [3.8, 4) is 0 Å². The molecule has 1 aromatic heterocycles. The Kier molecular flexibility index (Phi) is 4.94. The fourth-order valence-electron chi connectivity index (χ4n) is 0.921. The molecule has 0 aliphatic rings. The molecule has 0 spiro atoms. The Morgan fingerprint density at radius 1 is 1.50 bits per heavy atom. The van der Waals surface area contributed by atoms with Crippen LogP contribution in [0.15, 0.2) is 18.3 Å². The lowest BCUT2D eigenvalue weighted by atomic mass is 10.2. The number of amides is 1. The van der Waals surface area contributed by atoms with Gasteiger partial charge in [-0.05, 0) is 26.0 Å². The van der Waals surface area contributed by atoms with Gasteiger partial charge in [-0.2, -0.15) is 0 Å². The Balaban J connectivity index is 0.00000169. The third-order valence-corrected chi connectivity index (χ3v) is 1.48. The highest BCUT2D eigenvalue weighted by molar-refractivity contribution is 5.92. The molecule has 1 heterocycles. The first-order chi connectivity index (χ1) is 6.09. The van der Waals surface area contributed by atoms with Crippen LogP contribution in [0.25, 0.3) is 0 Å². The van der Waals surface area contributed by atoms with Crippen LogP contribution >= 0.6 is 12.4 Å². The van der Waals surface area contributed by atoms with E-state index in [-0.39, 0.29) is 12.4 Å². The molecule has 0 atom stereocenters. The van der Waals surface area contributed by atoms with Crippen molar-refractivity contribution in [2.24, 2.45) is 5.73 Å². The largest absolute Gasteiger partial charge is 0.368 e. The zero-order chi connectivity index (χ0) is 9.84. The van der Waals surface area contributed by atoms with E-state index in [4.69, 9.17) is 5.73 Å². The van der Waals surface area contributed by atoms with Crippen molar-refractivity contribution >= 4 is 24.1 Å². The maximum atomic E-state index is 10.7. The summed E-state index contributed by atoms with van der Waals surface area (Å²) in [6, 6.07) is 3.71. The van der Waals surface area contributed by atoms with Crippen molar-refractivity contribution in [2.45, 2.75) is 19.9 Å². The molecule has 0 bridgehead atoms. The minimum atomic E-state index is -0.455. The Morgan fingerprint density at radius 3 is 2.50 bits per heavy atom. The maximum absolute atomic E-state index is 10.7. The molecule has 0 fully saturated rings. The number of rotatable bonds is 3. The molecule has 0 aromatic carbocycles. The smallest absolute Gasteiger partial charge is 0.250 e. The number of aromatic nitrogens is 1.